The van der Waals surface area contributed by atoms with Crippen LogP contribution in [0.15, 0.2) is 6.07 Å². The minimum absolute atomic E-state index is 0.0167. The van der Waals surface area contributed by atoms with Gasteiger partial charge in [-0.15, -0.1) is 0 Å². The predicted octanol–water partition coefficient (Wildman–Crippen LogP) is 2.25. The van der Waals surface area contributed by atoms with Gasteiger partial charge in [-0.25, -0.2) is 22.2 Å². The van der Waals surface area contributed by atoms with E-state index < -0.39 is 46.3 Å². The molecule has 10 heteroatoms. The smallest absolute Gasteiger partial charge is 0.326 e. The molecule has 1 aromatic rings. The molecule has 0 unspecified atom stereocenters. The number of hydrogen-bond acceptors (Lipinski definition) is 4. The molecule has 144 valence electrons. The minimum atomic E-state index is -4.25. The van der Waals surface area contributed by atoms with E-state index in [9.17, 15) is 27.1 Å². The fourth-order valence-corrected chi connectivity index (χ4v) is 4.77. The van der Waals surface area contributed by atoms with Crippen LogP contribution in [0, 0.1) is 11.7 Å². The molecule has 1 aromatic carbocycles. The van der Waals surface area contributed by atoms with E-state index in [-0.39, 0.29) is 24.3 Å². The number of carbonyl (C=O) groups excluding carboxylic acids is 1. The van der Waals surface area contributed by atoms with E-state index in [0.29, 0.717) is 35.6 Å². The summed E-state index contributed by atoms with van der Waals surface area (Å²) in [4.78, 5) is 11.4. The van der Waals surface area contributed by atoms with Gasteiger partial charge in [-0.3, -0.25) is 4.79 Å². The molecule has 1 heterocycles. The quantitative estimate of drug-likeness (QED) is 0.805. The first-order valence-electron chi connectivity index (χ1n) is 8.33. The minimum Gasteiger partial charge on any atom is -0.506 e. The molecule has 0 aromatic heterocycles. The van der Waals surface area contributed by atoms with Crippen LogP contribution in [0.3, 0.4) is 0 Å². The highest BCUT2D eigenvalue weighted by Crippen LogP contribution is 2.41. The molecule has 0 spiro atoms. The largest absolute Gasteiger partial charge is 0.506 e. The van der Waals surface area contributed by atoms with Crippen molar-refractivity contribution in [3.8, 4) is 5.75 Å². The van der Waals surface area contributed by atoms with Crippen molar-refractivity contribution >= 4 is 21.8 Å². The molecule has 1 atom stereocenters. The number of nitrogens with one attached hydrogen (secondary N) is 1. The number of fused-ring (bicyclic) bond motifs is 1. The number of anilines is 1. The molecule has 6 nitrogen and oxygen atoms in total. The molecule has 1 amide bonds. The van der Waals surface area contributed by atoms with Gasteiger partial charge in [0.2, 0.25) is 6.43 Å². The van der Waals surface area contributed by atoms with Crippen LogP contribution in [0.5, 0.6) is 5.75 Å². The highest BCUT2D eigenvalue weighted by Gasteiger charge is 2.39. The second-order valence-electron chi connectivity index (χ2n) is 6.66. The molecule has 2 aliphatic rings. The second kappa shape index (κ2) is 6.98. The summed E-state index contributed by atoms with van der Waals surface area (Å²) in [5.41, 5.74) is 0.306. The predicted molar refractivity (Wildman–Crippen MR) is 87.8 cm³/mol. The summed E-state index contributed by atoms with van der Waals surface area (Å²) in [5, 5.41) is 10.1. The Morgan fingerprint density at radius 1 is 1.38 bits per heavy atom. The van der Waals surface area contributed by atoms with Crippen molar-refractivity contribution in [2.45, 2.75) is 45.0 Å². The molecule has 2 N–H and O–H groups in total. The van der Waals surface area contributed by atoms with Crippen molar-refractivity contribution in [3.63, 3.8) is 0 Å². The summed E-state index contributed by atoms with van der Waals surface area (Å²) in [6, 6.07) is 1.32. The van der Waals surface area contributed by atoms with Gasteiger partial charge >= 0.3 is 10.2 Å². The van der Waals surface area contributed by atoms with Gasteiger partial charge in [0.15, 0.2) is 5.82 Å². The molecule has 1 saturated heterocycles. The lowest BCUT2D eigenvalue weighted by Gasteiger charge is -2.27. The van der Waals surface area contributed by atoms with Gasteiger partial charge in [0.05, 0.1) is 0 Å². The maximum Gasteiger partial charge on any atom is 0.326 e. The molecule has 0 radical (unpaired) electrons. The fourth-order valence-electron chi connectivity index (χ4n) is 3.60. The fraction of sp³-hybridized carbons (Fsp3) is 0.562. The Bertz CT molecular complexity index is 829. The first-order valence-corrected chi connectivity index (χ1v) is 9.77. The maximum absolute atomic E-state index is 15.0. The van der Waals surface area contributed by atoms with Crippen LogP contribution in [0.25, 0.3) is 0 Å². The van der Waals surface area contributed by atoms with Crippen molar-refractivity contribution in [2.24, 2.45) is 5.92 Å². The molecule has 3 rings (SSSR count). The van der Waals surface area contributed by atoms with E-state index in [1.807, 2.05) is 0 Å². The lowest BCUT2D eigenvalue weighted by atomic mass is 9.80. The summed E-state index contributed by atoms with van der Waals surface area (Å²) in [7, 11) is -4.25. The van der Waals surface area contributed by atoms with Gasteiger partial charge in [-0.05, 0) is 55.2 Å². The lowest BCUT2D eigenvalue weighted by Crippen LogP contribution is -2.31. The first-order chi connectivity index (χ1) is 12.2. The molecule has 0 saturated carbocycles. The number of rotatable bonds is 5. The molecular weight excluding hydrogens is 373 g/mol. The van der Waals surface area contributed by atoms with E-state index in [1.165, 1.54) is 6.07 Å². The van der Waals surface area contributed by atoms with Gasteiger partial charge in [-0.2, -0.15) is 8.42 Å². The van der Waals surface area contributed by atoms with Gasteiger partial charge in [0.25, 0.3) is 5.91 Å². The Morgan fingerprint density at radius 2 is 2.12 bits per heavy atom. The van der Waals surface area contributed by atoms with E-state index in [1.54, 1.807) is 4.72 Å². The Hall–Kier alpha value is -1.97. The third-order valence-electron chi connectivity index (χ3n) is 4.83. The number of alkyl halides is 2. The number of carbonyl (C=O) groups is 1. The molecule has 1 aliphatic heterocycles. The van der Waals surface area contributed by atoms with E-state index >= 15 is 4.39 Å². The summed E-state index contributed by atoms with van der Waals surface area (Å²) < 4.78 is 65.8. The Balaban J connectivity index is 1.88. The number of aromatic hydroxyl groups is 1. The van der Waals surface area contributed by atoms with E-state index in [2.05, 4.69) is 0 Å². The number of hydrogen-bond donors (Lipinski definition) is 2. The molecular formula is C16H19F3N2O4S. The molecule has 26 heavy (non-hydrogen) atoms. The summed E-state index contributed by atoms with van der Waals surface area (Å²) in [5.74, 6) is -2.22. The molecule has 1 fully saturated rings. The average Bonchev–Trinajstić information content (AvgIpc) is 2.80. The van der Waals surface area contributed by atoms with Crippen molar-refractivity contribution in [3.05, 3.63) is 23.0 Å². The number of nitrogens with zero attached hydrogens (tertiary/aromatic N) is 1. The summed E-state index contributed by atoms with van der Waals surface area (Å²) in [6.45, 7) is -0.608. The maximum atomic E-state index is 15.0. The molecule has 1 aliphatic carbocycles. The number of amides is 1. The highest BCUT2D eigenvalue weighted by molar-refractivity contribution is 7.92. The first kappa shape index (κ1) is 18.8. The van der Waals surface area contributed by atoms with Crippen LogP contribution >= 0.6 is 0 Å². The normalized spacial score (nSPS) is 21.8. The lowest BCUT2D eigenvalue weighted by molar-refractivity contribution is -0.117. The zero-order chi connectivity index (χ0) is 19.1. The number of phenols is 1. The average molecular weight is 392 g/mol. The summed E-state index contributed by atoms with van der Waals surface area (Å²) >= 11 is 0. The van der Waals surface area contributed by atoms with Crippen molar-refractivity contribution in [2.75, 3.05) is 10.8 Å². The third kappa shape index (κ3) is 3.60. The van der Waals surface area contributed by atoms with E-state index in [4.69, 9.17) is 0 Å². The van der Waals surface area contributed by atoms with Crippen LogP contribution in [0.2, 0.25) is 0 Å². The van der Waals surface area contributed by atoms with Crippen molar-refractivity contribution < 1.29 is 31.5 Å². The van der Waals surface area contributed by atoms with Crippen LogP contribution < -0.4 is 9.03 Å². The Kier molecular flexibility index (Phi) is 5.05. The van der Waals surface area contributed by atoms with E-state index in [0.717, 1.165) is 0 Å². The number of aryl methyl sites for hydroxylation is 1. The van der Waals surface area contributed by atoms with Crippen LogP contribution in [-0.4, -0.2) is 32.4 Å². The van der Waals surface area contributed by atoms with Gasteiger partial charge in [0.1, 0.15) is 18.0 Å². The summed E-state index contributed by atoms with van der Waals surface area (Å²) in [6.07, 6.45) is -0.249. The van der Waals surface area contributed by atoms with Crippen molar-refractivity contribution in [1.82, 2.24) is 4.72 Å². The number of benzene rings is 1. The highest BCUT2D eigenvalue weighted by atomic mass is 32.2. The molecule has 0 bridgehead atoms. The SMILES string of the molecule is O=C1CN(c2c(O)cc3c(c2F)C[C@H](CCCC(F)F)CC3)S(=O)(=O)N1. The zero-order valence-corrected chi connectivity index (χ0v) is 14.7. The third-order valence-corrected chi connectivity index (χ3v) is 6.21. The van der Waals surface area contributed by atoms with Gasteiger partial charge < -0.3 is 5.11 Å². The zero-order valence-electron chi connectivity index (χ0n) is 13.8. The van der Waals surface area contributed by atoms with Crippen molar-refractivity contribution in [1.29, 1.82) is 0 Å². The van der Waals surface area contributed by atoms with Gasteiger partial charge in [0, 0.05) is 6.42 Å². The number of halogens is 3. The van der Waals surface area contributed by atoms with Gasteiger partial charge in [-0.1, -0.05) is 0 Å². The standard InChI is InChI=1S/C16H19F3N2O4S/c17-13(18)3-1-2-9-4-5-10-7-12(22)16(15(19)11(10)6-9)21-8-14(23)20-26(21,24)25/h7,9,13,22H,1-6,8H2,(H,20,23)/t9-/m1/s1. The second-order valence-corrected chi connectivity index (χ2v) is 8.26. The Labute approximate surface area is 149 Å². The topological polar surface area (TPSA) is 86.7 Å². The Morgan fingerprint density at radius 3 is 2.73 bits per heavy atom. The van der Waals surface area contributed by atoms with Crippen LogP contribution in [0.1, 0.15) is 36.8 Å². The monoisotopic (exact) mass is 392 g/mol. The van der Waals surface area contributed by atoms with Crippen LogP contribution in [-0.2, 0) is 27.8 Å². The van der Waals surface area contributed by atoms with Crippen LogP contribution in [0.4, 0.5) is 18.9 Å². The number of phenolic OH excluding ortho intramolecular Hbond substituents is 1.